The van der Waals surface area contributed by atoms with Crippen molar-refractivity contribution < 1.29 is 9.53 Å². The molecular formula is C9H7N3O2. The molecule has 1 aliphatic heterocycles. The van der Waals surface area contributed by atoms with Crippen LogP contribution in [0, 0.1) is 0 Å². The second-order valence-electron chi connectivity index (χ2n) is 3.12. The molecule has 0 aromatic carbocycles. The largest absolute Gasteiger partial charge is 0.461 e. The Kier molecular flexibility index (Phi) is 1.36. The van der Waals surface area contributed by atoms with Gasteiger partial charge in [0.2, 0.25) is 0 Å². The Labute approximate surface area is 79.3 Å². The van der Waals surface area contributed by atoms with Gasteiger partial charge in [0, 0.05) is 24.2 Å². The molecule has 0 saturated carbocycles. The number of cyclic esters (lactones) is 1. The zero-order valence-corrected chi connectivity index (χ0v) is 7.30. The molecule has 70 valence electrons. The molecule has 0 bridgehead atoms. The van der Waals surface area contributed by atoms with Crippen LogP contribution in [0.5, 0.6) is 0 Å². The van der Waals surface area contributed by atoms with Gasteiger partial charge in [0.15, 0.2) is 11.3 Å². The summed E-state index contributed by atoms with van der Waals surface area (Å²) in [6, 6.07) is 1.75. The molecule has 0 atom stereocenters. The first-order valence-corrected chi connectivity index (χ1v) is 4.35. The van der Waals surface area contributed by atoms with Crippen molar-refractivity contribution in [3.63, 3.8) is 0 Å². The first kappa shape index (κ1) is 7.49. The maximum atomic E-state index is 11.5. The first-order chi connectivity index (χ1) is 6.86. The van der Waals surface area contributed by atoms with Gasteiger partial charge in [0.1, 0.15) is 0 Å². The molecule has 0 N–H and O–H groups in total. The van der Waals surface area contributed by atoms with Crippen molar-refractivity contribution >= 4 is 11.6 Å². The molecule has 0 unspecified atom stereocenters. The maximum absolute atomic E-state index is 11.5. The van der Waals surface area contributed by atoms with E-state index in [0.29, 0.717) is 24.4 Å². The Morgan fingerprint density at radius 1 is 1.50 bits per heavy atom. The highest BCUT2D eigenvalue weighted by molar-refractivity contribution is 5.90. The third kappa shape index (κ3) is 0.863. The summed E-state index contributed by atoms with van der Waals surface area (Å²) in [7, 11) is 0. The van der Waals surface area contributed by atoms with Crippen LogP contribution in [0.25, 0.3) is 5.65 Å². The minimum atomic E-state index is -0.317. The fourth-order valence-corrected chi connectivity index (χ4v) is 1.63. The fourth-order valence-electron chi connectivity index (χ4n) is 1.63. The standard InChI is InChI=1S/C9H7N3O2/c13-9-8-6(2-4-14-9)5-10-7-1-3-11-12(7)8/h1,3,5H,2,4H2. The summed E-state index contributed by atoms with van der Waals surface area (Å²) in [5.74, 6) is -0.317. The quantitative estimate of drug-likeness (QED) is 0.564. The van der Waals surface area contributed by atoms with Crippen LogP contribution >= 0.6 is 0 Å². The number of fused-ring (bicyclic) bond motifs is 3. The highest BCUT2D eigenvalue weighted by atomic mass is 16.5. The zero-order valence-electron chi connectivity index (χ0n) is 7.30. The molecule has 0 saturated heterocycles. The Balaban J connectivity index is 2.41. The molecule has 0 fully saturated rings. The summed E-state index contributed by atoms with van der Waals surface area (Å²) in [6.07, 6.45) is 4.04. The van der Waals surface area contributed by atoms with E-state index in [2.05, 4.69) is 10.1 Å². The van der Waals surface area contributed by atoms with Gasteiger partial charge in [-0.25, -0.2) is 14.3 Å². The van der Waals surface area contributed by atoms with Crippen LogP contribution in [0.4, 0.5) is 0 Å². The lowest BCUT2D eigenvalue weighted by Gasteiger charge is -2.15. The molecule has 0 amide bonds. The van der Waals surface area contributed by atoms with Crippen molar-refractivity contribution in [3.8, 4) is 0 Å². The van der Waals surface area contributed by atoms with Crippen LogP contribution in [0.3, 0.4) is 0 Å². The number of ether oxygens (including phenoxy) is 1. The summed E-state index contributed by atoms with van der Waals surface area (Å²) in [6.45, 7) is 0.431. The van der Waals surface area contributed by atoms with E-state index in [-0.39, 0.29) is 5.97 Å². The average molecular weight is 189 g/mol. The number of esters is 1. The lowest BCUT2D eigenvalue weighted by atomic mass is 10.1. The summed E-state index contributed by atoms with van der Waals surface area (Å²) in [5, 5.41) is 4.04. The SMILES string of the molecule is O=C1OCCc2cnc3ccnn3c21. The van der Waals surface area contributed by atoms with Crippen molar-refractivity contribution in [1.82, 2.24) is 14.6 Å². The predicted molar refractivity (Wildman–Crippen MR) is 47.0 cm³/mol. The predicted octanol–water partition coefficient (Wildman–Crippen LogP) is 0.442. The fraction of sp³-hybridized carbons (Fsp3) is 0.222. The summed E-state index contributed by atoms with van der Waals surface area (Å²) >= 11 is 0. The van der Waals surface area contributed by atoms with E-state index in [4.69, 9.17) is 4.74 Å². The van der Waals surface area contributed by atoms with Crippen LogP contribution in [-0.2, 0) is 11.2 Å². The van der Waals surface area contributed by atoms with Gasteiger partial charge in [0.05, 0.1) is 12.8 Å². The number of carbonyl (C=O) groups is 1. The average Bonchev–Trinajstić information content (AvgIpc) is 2.65. The number of nitrogens with zero attached hydrogens (tertiary/aromatic N) is 3. The maximum Gasteiger partial charge on any atom is 0.357 e. The molecule has 0 radical (unpaired) electrons. The second kappa shape index (κ2) is 2.54. The van der Waals surface area contributed by atoms with Crippen LogP contribution < -0.4 is 0 Å². The van der Waals surface area contributed by atoms with Crippen LogP contribution in [-0.4, -0.2) is 27.2 Å². The molecule has 3 heterocycles. The molecule has 2 aromatic heterocycles. The molecule has 2 aromatic rings. The molecule has 3 rings (SSSR count). The molecule has 5 heteroatoms. The number of hydrogen-bond acceptors (Lipinski definition) is 4. The summed E-state index contributed by atoms with van der Waals surface area (Å²) in [5.41, 5.74) is 2.08. The number of carbonyl (C=O) groups excluding carboxylic acids is 1. The van der Waals surface area contributed by atoms with Crippen LogP contribution in [0.15, 0.2) is 18.5 Å². The zero-order chi connectivity index (χ0) is 9.54. The monoisotopic (exact) mass is 189 g/mol. The lowest BCUT2D eigenvalue weighted by Crippen LogP contribution is -2.22. The molecule has 14 heavy (non-hydrogen) atoms. The third-order valence-electron chi connectivity index (χ3n) is 2.29. The van der Waals surface area contributed by atoms with E-state index in [1.165, 1.54) is 4.52 Å². The molecule has 5 nitrogen and oxygen atoms in total. The van der Waals surface area contributed by atoms with Gasteiger partial charge in [-0.15, -0.1) is 0 Å². The highest BCUT2D eigenvalue weighted by Crippen LogP contribution is 2.16. The van der Waals surface area contributed by atoms with Crippen LogP contribution in [0.2, 0.25) is 0 Å². The topological polar surface area (TPSA) is 56.5 Å². The van der Waals surface area contributed by atoms with Gasteiger partial charge in [-0.3, -0.25) is 0 Å². The van der Waals surface area contributed by atoms with Gasteiger partial charge in [-0.1, -0.05) is 0 Å². The van der Waals surface area contributed by atoms with E-state index in [1.54, 1.807) is 18.5 Å². The smallest absolute Gasteiger partial charge is 0.357 e. The van der Waals surface area contributed by atoms with Gasteiger partial charge >= 0.3 is 5.97 Å². The van der Waals surface area contributed by atoms with Gasteiger partial charge in [-0.05, 0) is 0 Å². The number of aromatic nitrogens is 3. The van der Waals surface area contributed by atoms with E-state index in [1.807, 2.05) is 0 Å². The number of hydrogen-bond donors (Lipinski definition) is 0. The third-order valence-corrected chi connectivity index (χ3v) is 2.29. The van der Waals surface area contributed by atoms with Crippen molar-refractivity contribution in [2.75, 3.05) is 6.61 Å². The van der Waals surface area contributed by atoms with Crippen molar-refractivity contribution in [2.45, 2.75) is 6.42 Å². The Morgan fingerprint density at radius 2 is 2.43 bits per heavy atom. The lowest BCUT2D eigenvalue weighted by molar-refractivity contribution is 0.0467. The highest BCUT2D eigenvalue weighted by Gasteiger charge is 2.22. The van der Waals surface area contributed by atoms with Gasteiger partial charge in [-0.2, -0.15) is 5.10 Å². The normalized spacial score (nSPS) is 15.3. The molecule has 0 spiro atoms. The minimum absolute atomic E-state index is 0.317. The second-order valence-corrected chi connectivity index (χ2v) is 3.12. The van der Waals surface area contributed by atoms with Crippen molar-refractivity contribution in [3.05, 3.63) is 29.7 Å². The Hall–Kier alpha value is -1.91. The van der Waals surface area contributed by atoms with E-state index >= 15 is 0 Å². The first-order valence-electron chi connectivity index (χ1n) is 4.35. The van der Waals surface area contributed by atoms with Crippen molar-refractivity contribution in [2.24, 2.45) is 0 Å². The minimum Gasteiger partial charge on any atom is -0.461 e. The summed E-state index contributed by atoms with van der Waals surface area (Å²) in [4.78, 5) is 15.7. The van der Waals surface area contributed by atoms with E-state index < -0.39 is 0 Å². The Bertz CT molecular complexity index is 518. The Morgan fingerprint density at radius 3 is 3.36 bits per heavy atom. The van der Waals surface area contributed by atoms with E-state index in [0.717, 1.165) is 5.56 Å². The van der Waals surface area contributed by atoms with E-state index in [9.17, 15) is 4.79 Å². The molecule has 0 aliphatic carbocycles. The molecule has 1 aliphatic rings. The van der Waals surface area contributed by atoms with Crippen LogP contribution in [0.1, 0.15) is 16.1 Å². The van der Waals surface area contributed by atoms with Crippen molar-refractivity contribution in [1.29, 1.82) is 0 Å². The molecular weight excluding hydrogens is 182 g/mol. The summed E-state index contributed by atoms with van der Waals surface area (Å²) < 4.78 is 6.48. The number of rotatable bonds is 0. The van der Waals surface area contributed by atoms with Gasteiger partial charge < -0.3 is 4.74 Å². The van der Waals surface area contributed by atoms with Gasteiger partial charge in [0.25, 0.3) is 0 Å².